The topological polar surface area (TPSA) is 84.7 Å². The van der Waals surface area contributed by atoms with E-state index in [1.807, 2.05) is 23.6 Å². The van der Waals surface area contributed by atoms with Gasteiger partial charge in [-0.05, 0) is 30.2 Å². The van der Waals surface area contributed by atoms with Gasteiger partial charge in [-0.15, -0.1) is 11.3 Å². The van der Waals surface area contributed by atoms with Crippen LogP contribution in [0.3, 0.4) is 0 Å². The Balaban J connectivity index is 1.70. The maximum absolute atomic E-state index is 12.8. The molecule has 0 bridgehead atoms. The number of ether oxygens (including phenoxy) is 1. The first-order valence-corrected chi connectivity index (χ1v) is 9.79. The lowest BCUT2D eigenvalue weighted by Gasteiger charge is -2.27. The van der Waals surface area contributed by atoms with Crippen LogP contribution in [-0.2, 0) is 10.0 Å². The molecule has 0 saturated heterocycles. The van der Waals surface area contributed by atoms with E-state index in [1.54, 1.807) is 17.7 Å². The Kier molecular flexibility index (Phi) is 3.70. The summed E-state index contributed by atoms with van der Waals surface area (Å²) >= 11 is 1.40. The summed E-state index contributed by atoms with van der Waals surface area (Å²) < 4.78 is 35.3. The van der Waals surface area contributed by atoms with Crippen LogP contribution in [0.2, 0.25) is 0 Å². The fourth-order valence-corrected chi connectivity index (χ4v) is 4.98. The summed E-state index contributed by atoms with van der Waals surface area (Å²) in [5, 5.41) is 5.25. The number of thiazole rings is 1. The van der Waals surface area contributed by atoms with Gasteiger partial charge >= 0.3 is 0 Å². The number of hydrogen-bond acceptors (Lipinski definition) is 6. The average molecular weight is 364 g/mol. The molecule has 4 rings (SSSR count). The van der Waals surface area contributed by atoms with Gasteiger partial charge in [0.15, 0.2) is 9.99 Å². The fourth-order valence-electron chi connectivity index (χ4n) is 2.90. The van der Waals surface area contributed by atoms with Crippen LogP contribution < -0.4 is 14.8 Å². The van der Waals surface area contributed by atoms with E-state index in [4.69, 9.17) is 4.74 Å². The van der Waals surface area contributed by atoms with Crippen LogP contribution in [0, 0.1) is 0 Å². The molecular weight excluding hydrogens is 348 g/mol. The lowest BCUT2D eigenvalue weighted by molar-refractivity contribution is 0.413. The zero-order valence-corrected chi connectivity index (χ0v) is 14.5. The predicted molar refractivity (Wildman–Crippen MR) is 92.2 cm³/mol. The summed E-state index contributed by atoms with van der Waals surface area (Å²) in [6.07, 6.45) is 3.76. The molecule has 0 fully saturated rings. The normalized spacial score (nSPS) is 17.5. The van der Waals surface area contributed by atoms with Crippen molar-refractivity contribution in [3.8, 4) is 5.75 Å². The van der Waals surface area contributed by atoms with Gasteiger partial charge in [-0.1, -0.05) is 0 Å². The Labute approximate surface area is 143 Å². The third-order valence-corrected chi connectivity index (χ3v) is 6.29. The number of anilines is 1. The lowest BCUT2D eigenvalue weighted by atomic mass is 9.98. The van der Waals surface area contributed by atoms with Crippen molar-refractivity contribution in [1.29, 1.82) is 0 Å². The number of nitrogens with one attached hydrogen (secondary N) is 2. The van der Waals surface area contributed by atoms with E-state index in [0.717, 1.165) is 11.3 Å². The van der Waals surface area contributed by atoms with E-state index in [2.05, 4.69) is 15.0 Å². The highest BCUT2D eigenvalue weighted by molar-refractivity contribution is 7.89. The summed E-state index contributed by atoms with van der Waals surface area (Å²) in [5.74, 6) is 0.700. The number of nitrogens with zero attached hydrogens (tertiary/aromatic N) is 2. The lowest BCUT2D eigenvalue weighted by Crippen LogP contribution is -2.33. The van der Waals surface area contributed by atoms with Crippen molar-refractivity contribution in [3.05, 3.63) is 41.5 Å². The van der Waals surface area contributed by atoms with Gasteiger partial charge in [0.1, 0.15) is 5.75 Å². The molecule has 1 atom stereocenters. The van der Waals surface area contributed by atoms with Gasteiger partial charge in [-0.25, -0.2) is 18.1 Å². The molecule has 0 amide bonds. The van der Waals surface area contributed by atoms with Crippen molar-refractivity contribution in [2.75, 3.05) is 19.0 Å². The molecule has 1 aliphatic heterocycles. The molecule has 1 unspecified atom stereocenters. The van der Waals surface area contributed by atoms with Crippen LogP contribution in [-0.4, -0.2) is 31.5 Å². The summed E-state index contributed by atoms with van der Waals surface area (Å²) in [6.45, 7) is 0.701. The van der Waals surface area contributed by atoms with Crippen LogP contribution in [0.15, 0.2) is 41.0 Å². The molecule has 126 valence electrons. The second-order valence-electron chi connectivity index (χ2n) is 5.49. The summed E-state index contributed by atoms with van der Waals surface area (Å²) in [6, 6.07) is 5.31. The average Bonchev–Trinajstić information content (AvgIpc) is 3.17. The maximum atomic E-state index is 12.8. The van der Waals surface area contributed by atoms with Crippen LogP contribution in [0.5, 0.6) is 5.75 Å². The summed E-state index contributed by atoms with van der Waals surface area (Å²) in [7, 11) is -2.09. The van der Waals surface area contributed by atoms with E-state index < -0.39 is 10.0 Å². The van der Waals surface area contributed by atoms with Gasteiger partial charge < -0.3 is 10.1 Å². The molecular formula is C15H16N4O3S2. The smallest absolute Gasteiger partial charge is 0.258 e. The third kappa shape index (κ3) is 2.54. The van der Waals surface area contributed by atoms with Crippen molar-refractivity contribution in [3.63, 3.8) is 0 Å². The molecule has 2 aromatic heterocycles. The van der Waals surface area contributed by atoms with Crippen molar-refractivity contribution >= 4 is 32.0 Å². The van der Waals surface area contributed by atoms with E-state index in [0.29, 0.717) is 23.7 Å². The molecule has 0 saturated carbocycles. The maximum Gasteiger partial charge on any atom is 0.258 e. The van der Waals surface area contributed by atoms with Gasteiger partial charge in [-0.2, -0.15) is 0 Å². The molecule has 2 N–H and O–H groups in total. The Morgan fingerprint density at radius 2 is 2.33 bits per heavy atom. The summed E-state index contributed by atoms with van der Waals surface area (Å²) in [5.41, 5.74) is 1.80. The van der Waals surface area contributed by atoms with Gasteiger partial charge in [-0.3, -0.25) is 4.40 Å². The SMILES string of the molecule is COc1ccc2c(c1)C(NS(=O)(=O)c1cnc3sccn13)CCN2. The molecule has 24 heavy (non-hydrogen) atoms. The predicted octanol–water partition coefficient (Wildman–Crippen LogP) is 2.24. The molecule has 0 aliphatic carbocycles. The molecule has 9 heteroatoms. The largest absolute Gasteiger partial charge is 0.497 e. The van der Waals surface area contributed by atoms with Crippen LogP contribution in [0.1, 0.15) is 18.0 Å². The zero-order valence-electron chi connectivity index (χ0n) is 12.9. The minimum Gasteiger partial charge on any atom is -0.497 e. The van der Waals surface area contributed by atoms with Gasteiger partial charge in [0.05, 0.1) is 19.3 Å². The first-order valence-electron chi connectivity index (χ1n) is 7.43. The molecule has 1 aliphatic rings. The molecule has 7 nitrogen and oxygen atoms in total. The Morgan fingerprint density at radius 3 is 3.17 bits per heavy atom. The zero-order chi connectivity index (χ0) is 16.7. The molecule has 3 heterocycles. The second kappa shape index (κ2) is 5.76. The number of sulfonamides is 1. The molecule has 0 radical (unpaired) electrons. The number of hydrogen-bond donors (Lipinski definition) is 2. The van der Waals surface area contributed by atoms with Crippen LogP contribution in [0.4, 0.5) is 5.69 Å². The highest BCUT2D eigenvalue weighted by atomic mass is 32.2. The molecule has 3 aromatic rings. The monoisotopic (exact) mass is 364 g/mol. The fraction of sp³-hybridized carbons (Fsp3) is 0.267. The quantitative estimate of drug-likeness (QED) is 0.742. The van der Waals surface area contributed by atoms with Gasteiger partial charge in [0, 0.05) is 23.8 Å². The van der Waals surface area contributed by atoms with E-state index in [9.17, 15) is 8.42 Å². The van der Waals surface area contributed by atoms with E-state index >= 15 is 0 Å². The molecule has 1 aromatic carbocycles. The second-order valence-corrected chi connectivity index (χ2v) is 8.03. The number of aromatic nitrogens is 2. The Hall–Kier alpha value is -2.10. The van der Waals surface area contributed by atoms with Gasteiger partial charge in [0.25, 0.3) is 10.0 Å². The number of methoxy groups -OCH3 is 1. The van der Waals surface area contributed by atoms with Crippen LogP contribution >= 0.6 is 11.3 Å². The Morgan fingerprint density at radius 1 is 1.46 bits per heavy atom. The summed E-state index contributed by atoms with van der Waals surface area (Å²) in [4.78, 5) is 4.80. The van der Waals surface area contributed by atoms with Gasteiger partial charge in [0.2, 0.25) is 0 Å². The van der Waals surface area contributed by atoms with Crippen molar-refractivity contribution in [2.24, 2.45) is 0 Å². The van der Waals surface area contributed by atoms with E-state index in [1.165, 1.54) is 17.5 Å². The standard InChI is InChI=1S/C15H16N4O3S2/c1-22-10-2-3-12-11(8-10)13(4-5-16-12)18-24(20,21)14-9-17-15-19(14)6-7-23-15/h2-3,6-9,13,16,18H,4-5H2,1H3. The number of imidazole rings is 1. The van der Waals surface area contributed by atoms with Crippen molar-refractivity contribution < 1.29 is 13.2 Å². The first-order chi connectivity index (χ1) is 11.6. The number of fused-ring (bicyclic) bond motifs is 2. The van der Waals surface area contributed by atoms with Crippen molar-refractivity contribution in [1.82, 2.24) is 14.1 Å². The highest BCUT2D eigenvalue weighted by Gasteiger charge is 2.28. The number of rotatable bonds is 4. The number of benzene rings is 1. The highest BCUT2D eigenvalue weighted by Crippen LogP contribution is 2.33. The molecule has 0 spiro atoms. The Bertz CT molecular complexity index is 993. The minimum absolute atomic E-state index is 0.154. The first kappa shape index (κ1) is 15.4. The van der Waals surface area contributed by atoms with Crippen molar-refractivity contribution in [2.45, 2.75) is 17.5 Å². The minimum atomic E-state index is -3.69. The van der Waals surface area contributed by atoms with E-state index in [-0.39, 0.29) is 11.1 Å². The van der Waals surface area contributed by atoms with Crippen LogP contribution in [0.25, 0.3) is 4.96 Å². The third-order valence-electron chi connectivity index (χ3n) is 4.07.